The van der Waals surface area contributed by atoms with Gasteiger partial charge in [-0.2, -0.15) is 0 Å². The minimum Gasteiger partial charge on any atom is -0.0887 e. The summed E-state index contributed by atoms with van der Waals surface area (Å²) in [6.45, 7) is 8.90. The predicted octanol–water partition coefficient (Wildman–Crippen LogP) is 4.66. The molecular weight excluding hydrogens is 248 g/mol. The number of benzene rings is 1. The van der Waals surface area contributed by atoms with E-state index in [1.807, 2.05) is 0 Å². The molecule has 1 aromatic carbocycles. The van der Waals surface area contributed by atoms with Crippen molar-refractivity contribution in [1.29, 1.82) is 0 Å². The lowest BCUT2D eigenvalue weighted by Gasteiger charge is -2.13. The van der Waals surface area contributed by atoms with Crippen LogP contribution in [0, 0.1) is 19.8 Å². The number of hydrogen-bond acceptors (Lipinski definition) is 0. The summed E-state index contributed by atoms with van der Waals surface area (Å²) in [4.78, 5) is 0.611. The molecule has 0 aliphatic carbocycles. The van der Waals surface area contributed by atoms with Gasteiger partial charge in [0.1, 0.15) is 0 Å². The number of aryl methyl sites for hydroxylation is 2. The maximum Gasteiger partial charge on any atom is 0.0188 e. The maximum absolute atomic E-state index is 3.76. The van der Waals surface area contributed by atoms with E-state index in [1.165, 1.54) is 23.1 Å². The molecule has 0 spiro atoms. The average Bonchev–Trinajstić information content (AvgIpc) is 2.10. The van der Waals surface area contributed by atoms with Crippen molar-refractivity contribution in [2.45, 2.75) is 45.4 Å². The standard InChI is InChI=1S/C14H21Br/c1-10(2)7-14(15)9-13-6-5-11(3)12(4)8-13/h5-6,8,10,14H,7,9H2,1-4H3. The van der Waals surface area contributed by atoms with Crippen LogP contribution in [0.3, 0.4) is 0 Å². The smallest absolute Gasteiger partial charge is 0.0188 e. The Bertz CT molecular complexity index is 315. The van der Waals surface area contributed by atoms with Gasteiger partial charge in [-0.3, -0.25) is 0 Å². The molecule has 1 unspecified atom stereocenters. The van der Waals surface area contributed by atoms with Gasteiger partial charge in [0, 0.05) is 4.83 Å². The Labute approximate surface area is 102 Å². The lowest BCUT2D eigenvalue weighted by molar-refractivity contribution is 0.571. The van der Waals surface area contributed by atoms with Gasteiger partial charge in [0.15, 0.2) is 0 Å². The van der Waals surface area contributed by atoms with Crippen molar-refractivity contribution in [2.75, 3.05) is 0 Å². The third-order valence-corrected chi connectivity index (χ3v) is 3.45. The Morgan fingerprint density at radius 2 is 1.80 bits per heavy atom. The molecule has 15 heavy (non-hydrogen) atoms. The Morgan fingerprint density at radius 3 is 2.33 bits per heavy atom. The van der Waals surface area contributed by atoms with E-state index < -0.39 is 0 Å². The van der Waals surface area contributed by atoms with Crippen LogP contribution in [-0.4, -0.2) is 4.83 Å². The van der Waals surface area contributed by atoms with Gasteiger partial charge in [0.05, 0.1) is 0 Å². The second-order valence-electron chi connectivity index (χ2n) is 4.85. The van der Waals surface area contributed by atoms with Gasteiger partial charge >= 0.3 is 0 Å². The molecule has 0 N–H and O–H groups in total. The lowest BCUT2D eigenvalue weighted by Crippen LogP contribution is -2.06. The van der Waals surface area contributed by atoms with Crippen molar-refractivity contribution in [3.8, 4) is 0 Å². The molecule has 84 valence electrons. The first-order valence-electron chi connectivity index (χ1n) is 5.69. The summed E-state index contributed by atoms with van der Waals surface area (Å²) >= 11 is 3.76. The van der Waals surface area contributed by atoms with Crippen LogP contribution in [0.2, 0.25) is 0 Å². The highest BCUT2D eigenvalue weighted by atomic mass is 79.9. The highest BCUT2D eigenvalue weighted by molar-refractivity contribution is 9.09. The maximum atomic E-state index is 3.76. The SMILES string of the molecule is Cc1ccc(CC(Br)CC(C)C)cc1C. The Balaban J connectivity index is 2.60. The van der Waals surface area contributed by atoms with Crippen LogP contribution < -0.4 is 0 Å². The van der Waals surface area contributed by atoms with Crippen molar-refractivity contribution in [3.63, 3.8) is 0 Å². The second kappa shape index (κ2) is 5.69. The fourth-order valence-electron chi connectivity index (χ4n) is 1.78. The van der Waals surface area contributed by atoms with Gasteiger partial charge in [-0.25, -0.2) is 0 Å². The zero-order chi connectivity index (χ0) is 11.4. The minimum atomic E-state index is 0.611. The molecule has 0 aromatic heterocycles. The van der Waals surface area contributed by atoms with Gasteiger partial charge in [0.2, 0.25) is 0 Å². The molecule has 0 fully saturated rings. The zero-order valence-electron chi connectivity index (χ0n) is 10.2. The van der Waals surface area contributed by atoms with Crippen LogP contribution in [0.15, 0.2) is 18.2 Å². The molecule has 1 atom stereocenters. The predicted molar refractivity (Wildman–Crippen MR) is 71.8 cm³/mol. The van der Waals surface area contributed by atoms with Gasteiger partial charge < -0.3 is 0 Å². The number of hydrogen-bond donors (Lipinski definition) is 0. The molecule has 0 nitrogen and oxygen atoms in total. The summed E-state index contributed by atoms with van der Waals surface area (Å²) in [5.74, 6) is 0.765. The van der Waals surface area contributed by atoms with Crippen LogP contribution in [0.25, 0.3) is 0 Å². The second-order valence-corrected chi connectivity index (χ2v) is 6.14. The number of alkyl halides is 1. The van der Waals surface area contributed by atoms with Crippen molar-refractivity contribution in [1.82, 2.24) is 0 Å². The van der Waals surface area contributed by atoms with E-state index >= 15 is 0 Å². The van der Waals surface area contributed by atoms with Crippen LogP contribution in [-0.2, 0) is 6.42 Å². The highest BCUT2D eigenvalue weighted by Crippen LogP contribution is 2.19. The molecule has 0 amide bonds. The quantitative estimate of drug-likeness (QED) is 0.697. The average molecular weight is 269 g/mol. The fraction of sp³-hybridized carbons (Fsp3) is 0.571. The van der Waals surface area contributed by atoms with Gasteiger partial charge in [-0.15, -0.1) is 0 Å². The van der Waals surface area contributed by atoms with Crippen molar-refractivity contribution < 1.29 is 0 Å². The molecule has 0 radical (unpaired) electrons. The first-order chi connectivity index (χ1) is 6.99. The van der Waals surface area contributed by atoms with Crippen LogP contribution in [0.5, 0.6) is 0 Å². The Morgan fingerprint density at radius 1 is 1.13 bits per heavy atom. The molecule has 0 heterocycles. The van der Waals surface area contributed by atoms with E-state index in [0.29, 0.717) is 4.83 Å². The van der Waals surface area contributed by atoms with E-state index in [1.54, 1.807) is 0 Å². The van der Waals surface area contributed by atoms with E-state index in [0.717, 1.165) is 12.3 Å². The topological polar surface area (TPSA) is 0 Å². The molecule has 0 bridgehead atoms. The Kier molecular flexibility index (Phi) is 4.85. The highest BCUT2D eigenvalue weighted by Gasteiger charge is 2.08. The number of halogens is 1. The molecular formula is C14H21Br. The van der Waals surface area contributed by atoms with E-state index in [9.17, 15) is 0 Å². The first-order valence-corrected chi connectivity index (χ1v) is 6.60. The van der Waals surface area contributed by atoms with Crippen molar-refractivity contribution >= 4 is 15.9 Å². The third kappa shape index (κ3) is 4.38. The normalized spacial score (nSPS) is 13.2. The van der Waals surface area contributed by atoms with E-state index in [2.05, 4.69) is 61.8 Å². The van der Waals surface area contributed by atoms with Gasteiger partial charge in [-0.05, 0) is 49.3 Å². The summed E-state index contributed by atoms with van der Waals surface area (Å²) in [7, 11) is 0. The molecule has 0 aliphatic heterocycles. The van der Waals surface area contributed by atoms with Gasteiger partial charge in [-0.1, -0.05) is 48.0 Å². The van der Waals surface area contributed by atoms with Crippen LogP contribution >= 0.6 is 15.9 Å². The van der Waals surface area contributed by atoms with Crippen LogP contribution in [0.1, 0.15) is 37.0 Å². The molecule has 1 rings (SSSR count). The summed E-state index contributed by atoms with van der Waals surface area (Å²) in [5.41, 5.74) is 4.23. The summed E-state index contributed by atoms with van der Waals surface area (Å²) in [6.07, 6.45) is 2.38. The number of rotatable bonds is 4. The van der Waals surface area contributed by atoms with Gasteiger partial charge in [0.25, 0.3) is 0 Å². The van der Waals surface area contributed by atoms with E-state index in [-0.39, 0.29) is 0 Å². The molecule has 1 heteroatoms. The molecule has 0 saturated heterocycles. The largest absolute Gasteiger partial charge is 0.0887 e. The van der Waals surface area contributed by atoms with Crippen molar-refractivity contribution in [2.24, 2.45) is 5.92 Å². The zero-order valence-corrected chi connectivity index (χ0v) is 11.8. The molecule has 0 aliphatic rings. The lowest BCUT2D eigenvalue weighted by atomic mass is 9.99. The van der Waals surface area contributed by atoms with Crippen LogP contribution in [0.4, 0.5) is 0 Å². The van der Waals surface area contributed by atoms with E-state index in [4.69, 9.17) is 0 Å². The summed E-state index contributed by atoms with van der Waals surface area (Å²) in [6, 6.07) is 6.78. The molecule has 1 aromatic rings. The minimum absolute atomic E-state index is 0.611. The summed E-state index contributed by atoms with van der Waals surface area (Å²) in [5, 5.41) is 0. The molecule has 0 saturated carbocycles. The van der Waals surface area contributed by atoms with Crippen molar-refractivity contribution in [3.05, 3.63) is 34.9 Å². The summed E-state index contributed by atoms with van der Waals surface area (Å²) < 4.78 is 0. The fourth-order valence-corrected chi connectivity index (χ4v) is 2.90. The first kappa shape index (κ1) is 12.8. The monoisotopic (exact) mass is 268 g/mol. The third-order valence-electron chi connectivity index (χ3n) is 2.76. The Hall–Kier alpha value is -0.300.